The summed E-state index contributed by atoms with van der Waals surface area (Å²) in [5, 5.41) is 9.67. The molecule has 6 nitrogen and oxygen atoms in total. The fraction of sp³-hybridized carbons (Fsp3) is 0.333. The molecule has 0 amide bonds. The summed E-state index contributed by atoms with van der Waals surface area (Å²) in [6.45, 7) is 1.28. The smallest absolute Gasteiger partial charge is 0.191 e. The molecule has 10 heteroatoms. The highest BCUT2D eigenvalue weighted by Gasteiger charge is 2.22. The summed E-state index contributed by atoms with van der Waals surface area (Å²) in [7, 11) is -3.44. The van der Waals surface area contributed by atoms with E-state index in [0.29, 0.717) is 28.3 Å². The Hall–Kier alpha value is -1.94. The molecule has 0 aliphatic carbocycles. The van der Waals surface area contributed by atoms with Crippen LogP contribution in [0.15, 0.2) is 58.6 Å². The minimum atomic E-state index is -3.44. The second kappa shape index (κ2) is 9.68. The molecule has 3 aromatic rings. The van der Waals surface area contributed by atoms with Gasteiger partial charge in [-0.2, -0.15) is 0 Å². The number of hydrogen-bond donors (Lipinski definition) is 0. The van der Waals surface area contributed by atoms with E-state index in [4.69, 9.17) is 16.3 Å². The van der Waals surface area contributed by atoms with E-state index in [9.17, 15) is 12.8 Å². The summed E-state index contributed by atoms with van der Waals surface area (Å²) < 4.78 is 46.2. The summed E-state index contributed by atoms with van der Waals surface area (Å²) in [6, 6.07) is 12.2. The van der Waals surface area contributed by atoms with Crippen LogP contribution in [0.3, 0.4) is 0 Å². The molecule has 0 saturated carbocycles. The van der Waals surface area contributed by atoms with E-state index in [-0.39, 0.29) is 22.6 Å². The summed E-state index contributed by atoms with van der Waals surface area (Å²) in [6.07, 6.45) is 1.99. The Labute approximate surface area is 189 Å². The van der Waals surface area contributed by atoms with Gasteiger partial charge in [-0.25, -0.2) is 12.8 Å². The van der Waals surface area contributed by atoms with Crippen molar-refractivity contribution in [1.29, 1.82) is 0 Å². The van der Waals surface area contributed by atoms with Crippen LogP contribution in [0.2, 0.25) is 5.02 Å². The number of rotatable bonds is 8. The van der Waals surface area contributed by atoms with Crippen LogP contribution in [0.5, 0.6) is 0 Å². The highest BCUT2D eigenvalue weighted by molar-refractivity contribution is 8.00. The largest absolute Gasteiger partial charge is 0.376 e. The van der Waals surface area contributed by atoms with Gasteiger partial charge in [0, 0.05) is 22.9 Å². The predicted octanol–water partition coefficient (Wildman–Crippen LogP) is 4.48. The molecule has 0 spiro atoms. The Morgan fingerprint density at radius 2 is 1.87 bits per heavy atom. The quantitative estimate of drug-likeness (QED) is 0.441. The lowest BCUT2D eigenvalue weighted by Crippen LogP contribution is -2.17. The number of thioether (sulfide) groups is 1. The normalized spacial score (nSPS) is 16.6. The third kappa shape index (κ3) is 5.46. The van der Waals surface area contributed by atoms with Gasteiger partial charge in [-0.15, -0.1) is 10.2 Å². The standard InChI is InChI=1S/C21H21ClFN3O3S2/c22-16-5-9-19(10-6-16)31(27,28)13-12-30-21-25-24-20(15-3-7-17(23)8-4-15)26(21)14-18-2-1-11-29-18/h3-10,18H,1-2,11-14H2. The predicted molar refractivity (Wildman–Crippen MR) is 119 cm³/mol. The van der Waals surface area contributed by atoms with Gasteiger partial charge in [0.15, 0.2) is 20.8 Å². The van der Waals surface area contributed by atoms with Crippen molar-refractivity contribution in [3.05, 3.63) is 59.4 Å². The monoisotopic (exact) mass is 481 g/mol. The summed E-state index contributed by atoms with van der Waals surface area (Å²) in [4.78, 5) is 0.241. The second-order valence-corrected chi connectivity index (χ2v) is 10.8. The Kier molecular flexibility index (Phi) is 6.95. The minimum absolute atomic E-state index is 0.0437. The second-order valence-electron chi connectivity index (χ2n) is 7.18. The van der Waals surface area contributed by atoms with Gasteiger partial charge in [-0.1, -0.05) is 23.4 Å². The van der Waals surface area contributed by atoms with Crippen LogP contribution in [0, 0.1) is 5.82 Å². The highest BCUT2D eigenvalue weighted by atomic mass is 35.5. The Balaban J connectivity index is 1.51. The molecule has 1 aliphatic heterocycles. The fourth-order valence-corrected chi connectivity index (χ4v) is 6.09. The van der Waals surface area contributed by atoms with Crippen molar-refractivity contribution >= 4 is 33.2 Å². The third-order valence-electron chi connectivity index (χ3n) is 4.99. The minimum Gasteiger partial charge on any atom is -0.376 e. The molecule has 164 valence electrons. The number of benzene rings is 2. The lowest BCUT2D eigenvalue weighted by Gasteiger charge is -2.14. The molecule has 0 bridgehead atoms. The first-order valence-corrected chi connectivity index (χ1v) is 12.9. The van der Waals surface area contributed by atoms with Gasteiger partial charge in [-0.3, -0.25) is 4.57 Å². The average Bonchev–Trinajstić information content (AvgIpc) is 3.40. The van der Waals surface area contributed by atoms with Gasteiger partial charge in [0.1, 0.15) is 5.82 Å². The highest BCUT2D eigenvalue weighted by Crippen LogP contribution is 2.27. The topological polar surface area (TPSA) is 74.1 Å². The number of sulfone groups is 1. The number of aromatic nitrogens is 3. The number of halogens is 2. The van der Waals surface area contributed by atoms with E-state index < -0.39 is 9.84 Å². The number of nitrogens with zero attached hydrogens (tertiary/aromatic N) is 3. The Bertz CT molecular complexity index is 1130. The summed E-state index contributed by atoms with van der Waals surface area (Å²) in [5.41, 5.74) is 0.743. The third-order valence-corrected chi connectivity index (χ3v) is 8.20. The zero-order chi connectivity index (χ0) is 21.8. The van der Waals surface area contributed by atoms with E-state index in [2.05, 4.69) is 10.2 Å². The van der Waals surface area contributed by atoms with Gasteiger partial charge in [0.05, 0.1) is 23.3 Å². The lowest BCUT2D eigenvalue weighted by atomic mass is 10.2. The van der Waals surface area contributed by atoms with Crippen LogP contribution >= 0.6 is 23.4 Å². The van der Waals surface area contributed by atoms with E-state index in [0.717, 1.165) is 25.0 Å². The van der Waals surface area contributed by atoms with Crippen molar-refractivity contribution < 1.29 is 17.5 Å². The SMILES string of the molecule is O=S(=O)(CCSc1nnc(-c2ccc(F)cc2)n1CC1CCCO1)c1ccc(Cl)cc1. The van der Waals surface area contributed by atoms with Crippen LogP contribution in [0.4, 0.5) is 4.39 Å². The zero-order valence-corrected chi connectivity index (χ0v) is 19.0. The van der Waals surface area contributed by atoms with Crippen LogP contribution < -0.4 is 0 Å². The maximum absolute atomic E-state index is 13.3. The maximum Gasteiger partial charge on any atom is 0.191 e. The van der Waals surface area contributed by atoms with E-state index in [1.54, 1.807) is 24.3 Å². The molecule has 1 aliphatic rings. The first-order valence-electron chi connectivity index (χ1n) is 9.84. The molecule has 1 fully saturated rings. The number of hydrogen-bond acceptors (Lipinski definition) is 6. The Morgan fingerprint density at radius 3 is 2.55 bits per heavy atom. The summed E-state index contributed by atoms with van der Waals surface area (Å²) >= 11 is 7.18. The van der Waals surface area contributed by atoms with Crippen LogP contribution in [0.25, 0.3) is 11.4 Å². The Morgan fingerprint density at radius 1 is 1.13 bits per heavy atom. The van der Waals surface area contributed by atoms with Gasteiger partial charge in [-0.05, 0) is 61.4 Å². The zero-order valence-electron chi connectivity index (χ0n) is 16.6. The van der Waals surface area contributed by atoms with Gasteiger partial charge >= 0.3 is 0 Å². The van der Waals surface area contributed by atoms with Gasteiger partial charge < -0.3 is 4.74 Å². The van der Waals surface area contributed by atoms with Crippen molar-refractivity contribution in [2.45, 2.75) is 35.5 Å². The van der Waals surface area contributed by atoms with E-state index in [1.165, 1.54) is 36.0 Å². The molecule has 4 rings (SSSR count). The van der Waals surface area contributed by atoms with Crippen LogP contribution in [0.1, 0.15) is 12.8 Å². The first kappa shape index (κ1) is 22.3. The maximum atomic E-state index is 13.3. The molecule has 1 aromatic heterocycles. The summed E-state index contributed by atoms with van der Waals surface area (Å²) in [5.74, 6) is 0.560. The van der Waals surface area contributed by atoms with Crippen LogP contribution in [-0.4, -0.2) is 47.4 Å². The first-order chi connectivity index (χ1) is 14.9. The van der Waals surface area contributed by atoms with Crippen LogP contribution in [-0.2, 0) is 21.1 Å². The molecule has 0 radical (unpaired) electrons. The van der Waals surface area contributed by atoms with Crippen molar-refractivity contribution in [3.63, 3.8) is 0 Å². The van der Waals surface area contributed by atoms with Gasteiger partial charge in [0.25, 0.3) is 0 Å². The average molecular weight is 482 g/mol. The molecule has 1 atom stereocenters. The lowest BCUT2D eigenvalue weighted by molar-refractivity contribution is 0.0953. The van der Waals surface area contributed by atoms with E-state index in [1.807, 2.05) is 4.57 Å². The van der Waals surface area contributed by atoms with Gasteiger partial charge in [0.2, 0.25) is 0 Å². The van der Waals surface area contributed by atoms with E-state index >= 15 is 0 Å². The number of ether oxygens (including phenoxy) is 1. The molecule has 0 N–H and O–H groups in total. The molecular formula is C21H21ClFN3O3S2. The molecule has 1 saturated heterocycles. The molecule has 2 aromatic carbocycles. The molecule has 2 heterocycles. The van der Waals surface area contributed by atoms with Crippen molar-refractivity contribution in [2.24, 2.45) is 0 Å². The molecule has 31 heavy (non-hydrogen) atoms. The fourth-order valence-electron chi connectivity index (χ4n) is 3.37. The van der Waals surface area contributed by atoms with Crippen molar-refractivity contribution in [3.8, 4) is 11.4 Å². The molecular weight excluding hydrogens is 461 g/mol. The van der Waals surface area contributed by atoms with Crippen molar-refractivity contribution in [2.75, 3.05) is 18.1 Å². The molecule has 1 unspecified atom stereocenters. The van der Waals surface area contributed by atoms with Crippen molar-refractivity contribution in [1.82, 2.24) is 14.8 Å².